The van der Waals surface area contributed by atoms with Crippen molar-refractivity contribution in [2.75, 3.05) is 25.9 Å². The molecule has 0 spiro atoms. The van der Waals surface area contributed by atoms with Crippen LogP contribution in [-0.4, -0.2) is 57.4 Å². The predicted octanol–water partition coefficient (Wildman–Crippen LogP) is 3.97. The average molecular weight is 493 g/mol. The number of halogens is 4. The van der Waals surface area contributed by atoms with E-state index in [1.807, 2.05) is 0 Å². The van der Waals surface area contributed by atoms with E-state index in [2.05, 4.69) is 0 Å². The number of sulfonamides is 1. The first-order valence-electron chi connectivity index (χ1n) is 11.2. The maximum Gasteiger partial charge on any atom is 0.395 e. The van der Waals surface area contributed by atoms with E-state index in [1.54, 1.807) is 9.62 Å². The lowest BCUT2D eigenvalue weighted by atomic mass is 9.67. The Hall–Kier alpha value is -1.88. The summed E-state index contributed by atoms with van der Waals surface area (Å²) in [7, 11) is -3.85. The van der Waals surface area contributed by atoms with Gasteiger partial charge in [0.05, 0.1) is 17.2 Å². The van der Waals surface area contributed by atoms with Gasteiger partial charge < -0.3 is 4.74 Å². The molecule has 11 heteroatoms. The van der Waals surface area contributed by atoms with E-state index in [4.69, 9.17) is 4.74 Å². The quantitative estimate of drug-likeness (QED) is 0.583. The topological polar surface area (TPSA) is 75.7 Å². The Morgan fingerprint density at radius 1 is 1.21 bits per heavy atom. The second-order valence-electron chi connectivity index (χ2n) is 9.60. The molecule has 1 saturated heterocycles. The molecule has 0 bridgehead atoms. The summed E-state index contributed by atoms with van der Waals surface area (Å²) in [6.45, 7) is 0.830. The Morgan fingerprint density at radius 2 is 1.91 bits per heavy atom. The van der Waals surface area contributed by atoms with Gasteiger partial charge in [-0.2, -0.15) is 13.2 Å². The minimum absolute atomic E-state index is 0.0508. The lowest BCUT2D eigenvalue weighted by molar-refractivity contribution is -0.257. The van der Waals surface area contributed by atoms with E-state index in [1.165, 1.54) is 6.07 Å². The first kappa shape index (κ1) is 24.3. The Morgan fingerprint density at radius 3 is 2.45 bits per heavy atom. The lowest BCUT2D eigenvalue weighted by Crippen LogP contribution is -2.54. The lowest BCUT2D eigenvalue weighted by Gasteiger charge is -2.47. The summed E-state index contributed by atoms with van der Waals surface area (Å²) in [5.41, 5.74) is -1.40. The van der Waals surface area contributed by atoms with Crippen molar-refractivity contribution in [2.24, 2.45) is 5.41 Å². The SMILES string of the molecule is CS(=O)(=O)NC(=O)c1cc(C2CC2)c(O[C@@H]2CCCN(CC3(C(F)(F)F)CCC3)C2)cc1F. The highest BCUT2D eigenvalue weighted by atomic mass is 32.2. The zero-order valence-corrected chi connectivity index (χ0v) is 19.2. The molecule has 1 atom stereocenters. The van der Waals surface area contributed by atoms with Gasteiger partial charge in [0.25, 0.3) is 5.91 Å². The molecule has 184 valence electrons. The standard InChI is InChI=1S/C22H28F4N2O4S/c1-33(30,31)27-20(29)17-10-16(14-5-6-14)19(11-18(17)23)32-15-4-2-9-28(12-15)13-21(7-3-8-21)22(24,25)26/h10-11,14-15H,2-9,12-13H2,1H3,(H,27,29)/t15-/m1/s1. The van der Waals surface area contributed by atoms with Crippen molar-refractivity contribution < 1.29 is 35.5 Å². The van der Waals surface area contributed by atoms with E-state index in [-0.39, 0.29) is 36.6 Å². The highest BCUT2D eigenvalue weighted by Crippen LogP contribution is 2.53. The molecule has 33 heavy (non-hydrogen) atoms. The molecule has 1 aromatic carbocycles. The van der Waals surface area contributed by atoms with Crippen molar-refractivity contribution in [2.45, 2.75) is 63.1 Å². The highest BCUT2D eigenvalue weighted by Gasteiger charge is 2.58. The number of rotatable bonds is 7. The average Bonchev–Trinajstić information content (AvgIpc) is 3.47. The van der Waals surface area contributed by atoms with Crippen LogP contribution in [0.2, 0.25) is 0 Å². The normalized spacial score (nSPS) is 23.6. The molecule has 3 aliphatic rings. The monoisotopic (exact) mass is 492 g/mol. The molecule has 4 rings (SSSR count). The molecular formula is C22H28F4N2O4S. The molecule has 0 unspecified atom stereocenters. The van der Waals surface area contributed by atoms with Crippen LogP contribution in [0.25, 0.3) is 0 Å². The van der Waals surface area contributed by atoms with Crippen LogP contribution < -0.4 is 9.46 Å². The molecule has 0 aromatic heterocycles. The molecular weight excluding hydrogens is 464 g/mol. The Kier molecular flexibility index (Phi) is 6.41. The van der Waals surface area contributed by atoms with E-state index in [0.29, 0.717) is 37.9 Å². The molecule has 6 nitrogen and oxygen atoms in total. The zero-order valence-electron chi connectivity index (χ0n) is 18.4. The van der Waals surface area contributed by atoms with Crippen molar-refractivity contribution >= 4 is 15.9 Å². The Balaban J connectivity index is 1.49. The first-order chi connectivity index (χ1) is 15.4. The molecule has 0 radical (unpaired) electrons. The van der Waals surface area contributed by atoms with Gasteiger partial charge in [0.1, 0.15) is 17.7 Å². The number of piperidine rings is 1. The van der Waals surface area contributed by atoms with Crippen LogP contribution in [0.5, 0.6) is 5.75 Å². The molecule has 1 N–H and O–H groups in total. The second kappa shape index (κ2) is 8.72. The van der Waals surface area contributed by atoms with Gasteiger partial charge in [-0.05, 0) is 62.6 Å². The van der Waals surface area contributed by atoms with Crippen molar-refractivity contribution in [1.82, 2.24) is 9.62 Å². The predicted molar refractivity (Wildman–Crippen MR) is 113 cm³/mol. The van der Waals surface area contributed by atoms with Crippen LogP contribution in [0.4, 0.5) is 17.6 Å². The Labute approximate surface area is 190 Å². The van der Waals surface area contributed by atoms with Crippen LogP contribution >= 0.6 is 0 Å². The van der Waals surface area contributed by atoms with Crippen molar-refractivity contribution in [3.63, 3.8) is 0 Å². The highest BCUT2D eigenvalue weighted by molar-refractivity contribution is 7.89. The van der Waals surface area contributed by atoms with Crippen LogP contribution in [0.1, 0.15) is 66.8 Å². The summed E-state index contributed by atoms with van der Waals surface area (Å²) in [6, 6.07) is 2.42. The molecule has 1 heterocycles. The number of carbonyl (C=O) groups excluding carboxylic acids is 1. The van der Waals surface area contributed by atoms with Gasteiger partial charge in [0.2, 0.25) is 10.0 Å². The van der Waals surface area contributed by atoms with Gasteiger partial charge in [-0.1, -0.05) is 6.42 Å². The van der Waals surface area contributed by atoms with Gasteiger partial charge >= 0.3 is 6.18 Å². The molecule has 1 amide bonds. The number of hydrogen-bond donors (Lipinski definition) is 1. The smallest absolute Gasteiger partial charge is 0.395 e. The van der Waals surface area contributed by atoms with Gasteiger partial charge in [-0.25, -0.2) is 17.5 Å². The molecule has 2 saturated carbocycles. The van der Waals surface area contributed by atoms with Gasteiger partial charge in [0.15, 0.2) is 0 Å². The summed E-state index contributed by atoms with van der Waals surface area (Å²) >= 11 is 0. The summed E-state index contributed by atoms with van der Waals surface area (Å²) < 4.78 is 86.0. The summed E-state index contributed by atoms with van der Waals surface area (Å²) in [5, 5.41) is 0. The largest absolute Gasteiger partial charge is 0.489 e. The van der Waals surface area contributed by atoms with Gasteiger partial charge in [-0.15, -0.1) is 0 Å². The number of alkyl halides is 3. The summed E-state index contributed by atoms with van der Waals surface area (Å²) in [4.78, 5) is 14.0. The molecule has 2 aliphatic carbocycles. The van der Waals surface area contributed by atoms with Crippen LogP contribution in [0.15, 0.2) is 12.1 Å². The van der Waals surface area contributed by atoms with E-state index < -0.39 is 39.4 Å². The fourth-order valence-corrected chi connectivity index (χ4v) is 5.23. The number of carbonyl (C=O) groups is 1. The van der Waals surface area contributed by atoms with Crippen molar-refractivity contribution in [3.8, 4) is 5.75 Å². The molecule has 3 fully saturated rings. The number of ether oxygens (including phenoxy) is 1. The molecule has 1 aliphatic heterocycles. The zero-order chi connectivity index (χ0) is 24.0. The minimum atomic E-state index is -4.23. The summed E-state index contributed by atoms with van der Waals surface area (Å²) in [5.74, 6) is -1.61. The minimum Gasteiger partial charge on any atom is -0.489 e. The summed E-state index contributed by atoms with van der Waals surface area (Å²) in [6.07, 6.45) is 0.0338. The maximum atomic E-state index is 14.7. The van der Waals surface area contributed by atoms with Gasteiger partial charge in [-0.3, -0.25) is 9.69 Å². The van der Waals surface area contributed by atoms with Crippen molar-refractivity contribution in [1.29, 1.82) is 0 Å². The van der Waals surface area contributed by atoms with E-state index >= 15 is 0 Å². The third-order valence-corrected chi connectivity index (χ3v) is 7.39. The van der Waals surface area contributed by atoms with Crippen molar-refractivity contribution in [3.05, 3.63) is 29.1 Å². The maximum absolute atomic E-state index is 14.7. The number of amides is 1. The molecule has 1 aromatic rings. The number of nitrogens with zero attached hydrogens (tertiary/aromatic N) is 1. The van der Waals surface area contributed by atoms with E-state index in [9.17, 15) is 30.8 Å². The van der Waals surface area contributed by atoms with Crippen LogP contribution in [0, 0.1) is 11.2 Å². The van der Waals surface area contributed by atoms with Gasteiger partial charge in [0, 0.05) is 19.2 Å². The number of likely N-dealkylation sites (tertiary alicyclic amines) is 1. The Bertz CT molecular complexity index is 1020. The third-order valence-electron chi connectivity index (χ3n) is 6.83. The van der Waals surface area contributed by atoms with Crippen LogP contribution in [0.3, 0.4) is 0 Å². The third kappa shape index (κ3) is 5.45. The van der Waals surface area contributed by atoms with Crippen LogP contribution in [-0.2, 0) is 10.0 Å². The number of hydrogen-bond acceptors (Lipinski definition) is 5. The first-order valence-corrected chi connectivity index (χ1v) is 13.1. The number of benzene rings is 1. The second-order valence-corrected chi connectivity index (χ2v) is 11.3. The fourth-order valence-electron chi connectivity index (χ4n) is 4.78. The number of nitrogens with one attached hydrogen (secondary N) is 1. The van der Waals surface area contributed by atoms with E-state index in [0.717, 1.165) is 25.2 Å². The fraction of sp³-hybridized carbons (Fsp3) is 0.682.